The molecule has 0 saturated heterocycles. The zero-order valence-electron chi connectivity index (χ0n) is 9.74. The summed E-state index contributed by atoms with van der Waals surface area (Å²) in [6, 6.07) is 3.86. The van der Waals surface area contributed by atoms with E-state index in [0.717, 1.165) is 24.3 Å². The highest BCUT2D eigenvalue weighted by molar-refractivity contribution is 9.09. The first-order valence-corrected chi connectivity index (χ1v) is 6.36. The van der Waals surface area contributed by atoms with E-state index in [-0.39, 0.29) is 10.9 Å². The Labute approximate surface area is 119 Å². The first kappa shape index (κ1) is 17.1. The summed E-state index contributed by atoms with van der Waals surface area (Å²) in [6.07, 6.45) is -13.6. The molecule has 0 amide bonds. The highest BCUT2D eigenvalue weighted by Gasteiger charge is 2.61. The van der Waals surface area contributed by atoms with Crippen molar-refractivity contribution in [2.24, 2.45) is 0 Å². The Hall–Kier alpha value is -0.930. The van der Waals surface area contributed by atoms with Crippen LogP contribution in [0.15, 0.2) is 24.3 Å². The molecule has 2 unspecified atom stereocenters. The molecule has 0 radical (unpaired) electrons. The number of benzene rings is 1. The SMILES string of the molecule is OC(CBr)C(O)c1ccc(OC(F)(F)C(F)(F)F)cc1. The molecule has 2 atom stereocenters. The summed E-state index contributed by atoms with van der Waals surface area (Å²) >= 11 is 2.93. The maximum absolute atomic E-state index is 12.6. The van der Waals surface area contributed by atoms with Gasteiger partial charge in [0.2, 0.25) is 0 Å². The molecular formula is C11H10BrF5O3. The lowest BCUT2D eigenvalue weighted by atomic mass is 10.1. The molecule has 114 valence electrons. The minimum atomic E-state index is -5.82. The van der Waals surface area contributed by atoms with Crippen LogP contribution in [0.4, 0.5) is 22.0 Å². The Balaban J connectivity index is 2.82. The predicted molar refractivity (Wildman–Crippen MR) is 62.8 cm³/mol. The van der Waals surface area contributed by atoms with Crippen LogP contribution in [0.2, 0.25) is 0 Å². The van der Waals surface area contributed by atoms with Gasteiger partial charge in [-0.05, 0) is 17.7 Å². The predicted octanol–water partition coefficient (Wildman–Crippen LogP) is 3.01. The van der Waals surface area contributed by atoms with Gasteiger partial charge in [-0.15, -0.1) is 0 Å². The van der Waals surface area contributed by atoms with E-state index in [9.17, 15) is 32.2 Å². The molecule has 3 nitrogen and oxygen atoms in total. The van der Waals surface area contributed by atoms with Crippen LogP contribution in [0.25, 0.3) is 0 Å². The average molecular weight is 365 g/mol. The van der Waals surface area contributed by atoms with Gasteiger partial charge in [0.15, 0.2) is 0 Å². The third kappa shape index (κ3) is 4.03. The molecule has 0 fully saturated rings. The van der Waals surface area contributed by atoms with Gasteiger partial charge in [-0.1, -0.05) is 28.1 Å². The molecule has 1 rings (SSSR count). The van der Waals surface area contributed by atoms with Crippen molar-refractivity contribution in [3.8, 4) is 5.75 Å². The number of aliphatic hydroxyl groups is 2. The largest absolute Gasteiger partial charge is 0.499 e. The molecule has 0 heterocycles. The topological polar surface area (TPSA) is 49.7 Å². The van der Waals surface area contributed by atoms with Crippen LogP contribution in [0.5, 0.6) is 5.75 Å². The van der Waals surface area contributed by atoms with Crippen LogP contribution < -0.4 is 4.74 Å². The van der Waals surface area contributed by atoms with Crippen molar-refractivity contribution in [3.05, 3.63) is 29.8 Å². The summed E-state index contributed by atoms with van der Waals surface area (Å²) in [5, 5.41) is 19.0. The molecule has 0 saturated carbocycles. The number of hydrogen-bond acceptors (Lipinski definition) is 3. The summed E-state index contributed by atoms with van der Waals surface area (Å²) in [5.41, 5.74) is 0.152. The van der Waals surface area contributed by atoms with Crippen molar-refractivity contribution in [1.82, 2.24) is 0 Å². The summed E-state index contributed by atoms with van der Waals surface area (Å²) in [4.78, 5) is 0. The molecular weight excluding hydrogens is 355 g/mol. The van der Waals surface area contributed by atoms with Crippen LogP contribution in [-0.2, 0) is 0 Å². The van der Waals surface area contributed by atoms with Crippen LogP contribution in [0, 0.1) is 0 Å². The maximum atomic E-state index is 12.6. The fraction of sp³-hybridized carbons (Fsp3) is 0.455. The molecule has 0 aliphatic rings. The van der Waals surface area contributed by atoms with E-state index in [1.165, 1.54) is 0 Å². The normalized spacial score (nSPS) is 15.8. The minimum Gasteiger partial charge on any atom is -0.426 e. The van der Waals surface area contributed by atoms with Crippen molar-refractivity contribution in [1.29, 1.82) is 0 Å². The van der Waals surface area contributed by atoms with Crippen molar-refractivity contribution >= 4 is 15.9 Å². The van der Waals surface area contributed by atoms with E-state index >= 15 is 0 Å². The van der Waals surface area contributed by atoms with E-state index in [2.05, 4.69) is 20.7 Å². The Bertz CT molecular complexity index is 435. The van der Waals surface area contributed by atoms with Crippen LogP contribution in [0.3, 0.4) is 0 Å². The van der Waals surface area contributed by atoms with E-state index in [1.54, 1.807) is 0 Å². The Morgan fingerprint density at radius 2 is 1.55 bits per heavy atom. The standard InChI is InChI=1S/C11H10BrF5O3/c12-5-8(18)9(19)6-1-3-7(4-2-6)20-11(16,17)10(13,14)15/h1-4,8-9,18-19H,5H2. The first-order valence-electron chi connectivity index (χ1n) is 5.24. The van der Waals surface area contributed by atoms with E-state index in [4.69, 9.17) is 0 Å². The van der Waals surface area contributed by atoms with Gasteiger partial charge < -0.3 is 14.9 Å². The third-order valence-corrected chi connectivity index (χ3v) is 2.98. The number of halogens is 6. The van der Waals surface area contributed by atoms with Gasteiger partial charge in [-0.2, -0.15) is 22.0 Å². The van der Waals surface area contributed by atoms with Crippen LogP contribution in [0.1, 0.15) is 11.7 Å². The highest BCUT2D eigenvalue weighted by atomic mass is 79.9. The molecule has 0 bridgehead atoms. The minimum absolute atomic E-state index is 0.0680. The quantitative estimate of drug-likeness (QED) is 0.623. The molecule has 9 heteroatoms. The molecule has 20 heavy (non-hydrogen) atoms. The highest BCUT2D eigenvalue weighted by Crippen LogP contribution is 2.37. The molecule has 0 aromatic heterocycles. The van der Waals surface area contributed by atoms with E-state index in [0.29, 0.717) is 0 Å². The van der Waals surface area contributed by atoms with Crippen molar-refractivity contribution in [2.75, 3.05) is 5.33 Å². The summed E-state index contributed by atoms with van der Waals surface area (Å²) < 4.78 is 64.6. The van der Waals surface area contributed by atoms with Gasteiger partial charge >= 0.3 is 12.3 Å². The van der Waals surface area contributed by atoms with Gasteiger partial charge in [-0.3, -0.25) is 0 Å². The van der Waals surface area contributed by atoms with Gasteiger partial charge in [0.25, 0.3) is 0 Å². The molecule has 0 aliphatic heterocycles. The van der Waals surface area contributed by atoms with Gasteiger partial charge in [0.1, 0.15) is 11.9 Å². The van der Waals surface area contributed by atoms with E-state index in [1.807, 2.05) is 0 Å². The van der Waals surface area contributed by atoms with Gasteiger partial charge in [-0.25, -0.2) is 0 Å². The van der Waals surface area contributed by atoms with Gasteiger partial charge in [0.05, 0.1) is 6.10 Å². The first-order chi connectivity index (χ1) is 9.08. The Kier molecular flexibility index (Phi) is 5.33. The monoisotopic (exact) mass is 364 g/mol. The molecule has 1 aromatic rings. The second-order valence-electron chi connectivity index (χ2n) is 3.85. The lowest BCUT2D eigenvalue weighted by Gasteiger charge is -2.21. The average Bonchev–Trinajstić information content (AvgIpc) is 2.36. The zero-order valence-corrected chi connectivity index (χ0v) is 11.3. The summed E-state index contributed by atoms with van der Waals surface area (Å²) in [7, 11) is 0. The zero-order chi connectivity index (χ0) is 15.6. The molecule has 0 aliphatic carbocycles. The smallest absolute Gasteiger partial charge is 0.426 e. The summed E-state index contributed by atoms with van der Waals surface area (Å²) in [5.74, 6) is -0.711. The number of hydrogen-bond donors (Lipinski definition) is 2. The number of ether oxygens (including phenoxy) is 1. The molecule has 0 spiro atoms. The Morgan fingerprint density at radius 3 is 1.95 bits per heavy atom. The molecule has 1 aromatic carbocycles. The lowest BCUT2D eigenvalue weighted by molar-refractivity contribution is -0.360. The third-order valence-electron chi connectivity index (χ3n) is 2.32. The fourth-order valence-electron chi connectivity index (χ4n) is 1.25. The van der Waals surface area contributed by atoms with Crippen LogP contribution in [-0.4, -0.2) is 33.9 Å². The Morgan fingerprint density at radius 1 is 1.05 bits per heavy atom. The van der Waals surface area contributed by atoms with Crippen molar-refractivity contribution in [3.63, 3.8) is 0 Å². The molecule has 2 N–H and O–H groups in total. The number of alkyl halides is 6. The van der Waals surface area contributed by atoms with Gasteiger partial charge in [0, 0.05) is 5.33 Å². The van der Waals surface area contributed by atoms with Crippen molar-refractivity contribution in [2.45, 2.75) is 24.5 Å². The number of rotatable bonds is 5. The fourth-order valence-corrected chi connectivity index (χ4v) is 1.60. The maximum Gasteiger partial charge on any atom is 0.499 e. The van der Waals surface area contributed by atoms with Crippen molar-refractivity contribution < 1.29 is 36.9 Å². The van der Waals surface area contributed by atoms with Crippen LogP contribution >= 0.6 is 15.9 Å². The second kappa shape index (κ2) is 6.23. The van der Waals surface area contributed by atoms with E-state index < -0.39 is 30.2 Å². The lowest BCUT2D eigenvalue weighted by Crippen LogP contribution is -2.41. The summed E-state index contributed by atoms with van der Waals surface area (Å²) in [6.45, 7) is 0. The second-order valence-corrected chi connectivity index (χ2v) is 4.50. The number of aliphatic hydroxyl groups excluding tert-OH is 2.